The van der Waals surface area contributed by atoms with E-state index in [9.17, 15) is 9.59 Å². The number of nitrogens with zero attached hydrogens (tertiary/aromatic N) is 3. The number of amides is 1. The molecule has 0 aromatic carbocycles. The van der Waals surface area contributed by atoms with E-state index in [4.69, 9.17) is 16.7 Å². The quantitative estimate of drug-likeness (QED) is 0.895. The van der Waals surface area contributed by atoms with Crippen LogP contribution in [-0.2, 0) is 4.79 Å². The van der Waals surface area contributed by atoms with E-state index in [1.54, 1.807) is 36.8 Å². The highest BCUT2D eigenvalue weighted by molar-refractivity contribution is 6.33. The number of likely N-dealkylation sites (N-methyl/N-ethyl adjacent to an activating group) is 1. The SMILES string of the molecule is CN1CCN(c2ccc(Cl)c(C(=O)O)n2)C(C)(C)C1=O. The lowest BCUT2D eigenvalue weighted by Crippen LogP contribution is -2.62. The van der Waals surface area contributed by atoms with Crippen LogP contribution in [0.25, 0.3) is 0 Å². The Kier molecular flexibility index (Phi) is 3.60. The molecule has 1 saturated heterocycles. The third kappa shape index (κ3) is 2.31. The molecule has 0 radical (unpaired) electrons. The monoisotopic (exact) mass is 297 g/mol. The van der Waals surface area contributed by atoms with Crippen LogP contribution in [-0.4, -0.2) is 52.5 Å². The molecule has 1 aliphatic heterocycles. The number of carbonyl (C=O) groups excluding carboxylic acids is 1. The molecule has 1 amide bonds. The van der Waals surface area contributed by atoms with Crippen molar-refractivity contribution in [3.63, 3.8) is 0 Å². The number of aromatic carboxylic acids is 1. The van der Waals surface area contributed by atoms with Crippen LogP contribution >= 0.6 is 11.6 Å². The molecule has 1 fully saturated rings. The van der Waals surface area contributed by atoms with E-state index in [1.165, 1.54) is 6.07 Å². The van der Waals surface area contributed by atoms with Crippen LogP contribution in [0.1, 0.15) is 24.3 Å². The van der Waals surface area contributed by atoms with Crippen LogP contribution in [0.3, 0.4) is 0 Å². The molecular formula is C13H16ClN3O3. The van der Waals surface area contributed by atoms with Gasteiger partial charge in [-0.15, -0.1) is 0 Å². The number of aromatic nitrogens is 1. The lowest BCUT2D eigenvalue weighted by molar-refractivity contribution is -0.136. The number of pyridine rings is 1. The van der Waals surface area contributed by atoms with Crippen molar-refractivity contribution in [1.82, 2.24) is 9.88 Å². The molecule has 1 aliphatic rings. The summed E-state index contributed by atoms with van der Waals surface area (Å²) < 4.78 is 0. The van der Waals surface area contributed by atoms with Gasteiger partial charge in [0, 0.05) is 20.1 Å². The summed E-state index contributed by atoms with van der Waals surface area (Å²) in [6.07, 6.45) is 0. The molecule has 6 nitrogen and oxygen atoms in total. The molecule has 2 rings (SSSR count). The summed E-state index contributed by atoms with van der Waals surface area (Å²) in [4.78, 5) is 30.9. The van der Waals surface area contributed by atoms with Crippen LogP contribution in [0.5, 0.6) is 0 Å². The first-order valence-corrected chi connectivity index (χ1v) is 6.56. The molecule has 1 aromatic rings. The number of carbonyl (C=O) groups is 2. The van der Waals surface area contributed by atoms with Gasteiger partial charge in [-0.25, -0.2) is 9.78 Å². The second kappa shape index (κ2) is 4.94. The third-order valence-corrected chi connectivity index (χ3v) is 3.82. The van der Waals surface area contributed by atoms with E-state index in [-0.39, 0.29) is 16.6 Å². The average molecular weight is 298 g/mol. The van der Waals surface area contributed by atoms with Crippen molar-refractivity contribution in [2.45, 2.75) is 19.4 Å². The average Bonchev–Trinajstić information content (AvgIpc) is 2.37. The van der Waals surface area contributed by atoms with Gasteiger partial charge in [-0.2, -0.15) is 0 Å². The van der Waals surface area contributed by atoms with E-state index in [2.05, 4.69) is 4.98 Å². The number of anilines is 1. The lowest BCUT2D eigenvalue weighted by Gasteiger charge is -2.45. The Morgan fingerprint density at radius 2 is 2.05 bits per heavy atom. The maximum absolute atomic E-state index is 12.2. The predicted molar refractivity (Wildman–Crippen MR) is 75.3 cm³/mol. The van der Waals surface area contributed by atoms with Gasteiger partial charge in [0.2, 0.25) is 5.91 Å². The minimum Gasteiger partial charge on any atom is -0.476 e. The zero-order valence-electron chi connectivity index (χ0n) is 11.6. The first kappa shape index (κ1) is 14.6. The molecule has 0 saturated carbocycles. The molecule has 0 spiro atoms. The Morgan fingerprint density at radius 3 is 2.65 bits per heavy atom. The fourth-order valence-corrected chi connectivity index (χ4v) is 2.53. The Hall–Kier alpha value is -1.82. The van der Waals surface area contributed by atoms with Gasteiger partial charge in [-0.05, 0) is 26.0 Å². The first-order chi connectivity index (χ1) is 9.25. The number of hydrogen-bond donors (Lipinski definition) is 1. The highest BCUT2D eigenvalue weighted by Gasteiger charge is 2.41. The minimum atomic E-state index is -1.19. The zero-order chi connectivity index (χ0) is 15.1. The summed E-state index contributed by atoms with van der Waals surface area (Å²) in [5.41, 5.74) is -0.977. The molecule has 0 bridgehead atoms. The van der Waals surface area contributed by atoms with Crippen molar-refractivity contribution >= 4 is 29.3 Å². The topological polar surface area (TPSA) is 73.7 Å². The van der Waals surface area contributed by atoms with Gasteiger partial charge in [-0.1, -0.05) is 11.6 Å². The predicted octanol–water partition coefficient (Wildman–Crippen LogP) is 1.49. The Morgan fingerprint density at radius 1 is 1.40 bits per heavy atom. The number of hydrogen-bond acceptors (Lipinski definition) is 4. The van der Waals surface area contributed by atoms with E-state index in [0.717, 1.165) is 0 Å². The molecule has 7 heteroatoms. The summed E-state index contributed by atoms with van der Waals surface area (Å²) in [6.45, 7) is 4.74. The summed E-state index contributed by atoms with van der Waals surface area (Å²) in [6, 6.07) is 3.13. The summed E-state index contributed by atoms with van der Waals surface area (Å²) >= 11 is 5.82. The number of halogens is 1. The van der Waals surface area contributed by atoms with Crippen LogP contribution in [0.2, 0.25) is 5.02 Å². The number of rotatable bonds is 2. The lowest BCUT2D eigenvalue weighted by atomic mass is 9.98. The minimum absolute atomic E-state index is 0.0302. The fourth-order valence-electron chi connectivity index (χ4n) is 2.35. The highest BCUT2D eigenvalue weighted by Crippen LogP contribution is 2.28. The normalized spacial score (nSPS) is 18.3. The van der Waals surface area contributed by atoms with E-state index < -0.39 is 11.5 Å². The van der Waals surface area contributed by atoms with Crippen LogP contribution < -0.4 is 4.90 Å². The van der Waals surface area contributed by atoms with Crippen molar-refractivity contribution in [3.8, 4) is 0 Å². The summed E-state index contributed by atoms with van der Waals surface area (Å²) in [7, 11) is 1.75. The van der Waals surface area contributed by atoms with Gasteiger partial charge < -0.3 is 14.9 Å². The molecule has 0 aliphatic carbocycles. The zero-order valence-corrected chi connectivity index (χ0v) is 12.3. The van der Waals surface area contributed by atoms with Crippen LogP contribution in [0, 0.1) is 0 Å². The molecule has 20 heavy (non-hydrogen) atoms. The molecule has 1 N–H and O–H groups in total. The van der Waals surface area contributed by atoms with E-state index >= 15 is 0 Å². The second-order valence-electron chi connectivity index (χ2n) is 5.24. The van der Waals surface area contributed by atoms with Crippen molar-refractivity contribution in [1.29, 1.82) is 0 Å². The summed E-state index contributed by atoms with van der Waals surface area (Å²) in [5.74, 6) is -0.772. The molecule has 1 aromatic heterocycles. The highest BCUT2D eigenvalue weighted by atomic mass is 35.5. The largest absolute Gasteiger partial charge is 0.476 e. The number of carboxylic acid groups (broad SMARTS) is 1. The van der Waals surface area contributed by atoms with E-state index in [1.807, 2.05) is 0 Å². The van der Waals surface area contributed by atoms with Crippen molar-refractivity contribution in [2.24, 2.45) is 0 Å². The standard InChI is InChI=1S/C13H16ClN3O3/c1-13(2)12(20)16(3)6-7-17(13)9-5-4-8(14)10(15-9)11(18)19/h4-5H,6-7H2,1-3H3,(H,18,19). The Labute approximate surface area is 122 Å². The maximum atomic E-state index is 12.2. The second-order valence-corrected chi connectivity index (χ2v) is 5.65. The molecule has 108 valence electrons. The smallest absolute Gasteiger partial charge is 0.356 e. The van der Waals surface area contributed by atoms with Gasteiger partial charge in [-0.3, -0.25) is 4.79 Å². The van der Waals surface area contributed by atoms with Gasteiger partial charge in [0.1, 0.15) is 11.4 Å². The molecule has 0 atom stereocenters. The van der Waals surface area contributed by atoms with Gasteiger partial charge >= 0.3 is 5.97 Å². The van der Waals surface area contributed by atoms with Crippen molar-refractivity contribution in [2.75, 3.05) is 25.0 Å². The van der Waals surface area contributed by atoms with Crippen LogP contribution in [0.4, 0.5) is 5.82 Å². The maximum Gasteiger partial charge on any atom is 0.356 e. The van der Waals surface area contributed by atoms with Crippen LogP contribution in [0.15, 0.2) is 12.1 Å². The summed E-state index contributed by atoms with van der Waals surface area (Å²) in [5, 5.41) is 9.15. The number of carboxylic acids is 1. The first-order valence-electron chi connectivity index (χ1n) is 6.18. The van der Waals surface area contributed by atoms with Crippen molar-refractivity contribution < 1.29 is 14.7 Å². The Bertz CT molecular complexity index is 574. The Balaban J connectivity index is 2.43. The molecule has 2 heterocycles. The molecule has 0 unspecified atom stereocenters. The van der Waals surface area contributed by atoms with Gasteiger partial charge in [0.05, 0.1) is 5.02 Å². The van der Waals surface area contributed by atoms with Gasteiger partial charge in [0.15, 0.2) is 5.69 Å². The van der Waals surface area contributed by atoms with Crippen molar-refractivity contribution in [3.05, 3.63) is 22.8 Å². The van der Waals surface area contributed by atoms with E-state index in [0.29, 0.717) is 18.9 Å². The fraction of sp³-hybridized carbons (Fsp3) is 0.462. The van der Waals surface area contributed by atoms with Gasteiger partial charge in [0.25, 0.3) is 0 Å². The third-order valence-electron chi connectivity index (χ3n) is 3.51. The molecular weight excluding hydrogens is 282 g/mol. The number of piperazine rings is 1.